The highest BCUT2D eigenvalue weighted by molar-refractivity contribution is 7.16. The first-order valence-electron chi connectivity index (χ1n) is 5.79. The van der Waals surface area contributed by atoms with E-state index in [-0.39, 0.29) is 5.91 Å². The van der Waals surface area contributed by atoms with Gasteiger partial charge in [-0.15, -0.1) is 0 Å². The highest BCUT2D eigenvalue weighted by Gasteiger charge is 2.06. The Labute approximate surface area is 113 Å². The van der Waals surface area contributed by atoms with Gasteiger partial charge in [-0.1, -0.05) is 23.5 Å². The molecule has 0 fully saturated rings. The van der Waals surface area contributed by atoms with E-state index in [4.69, 9.17) is 0 Å². The lowest BCUT2D eigenvalue weighted by atomic mass is 10.3. The van der Waals surface area contributed by atoms with E-state index in [1.54, 1.807) is 18.3 Å². The van der Waals surface area contributed by atoms with Crippen LogP contribution in [0.1, 0.15) is 10.4 Å². The van der Waals surface area contributed by atoms with Crippen molar-refractivity contribution in [1.82, 2.24) is 9.55 Å². The Balaban J connectivity index is 2.12. The Morgan fingerprint density at radius 1 is 1.26 bits per heavy atom. The van der Waals surface area contributed by atoms with Gasteiger partial charge in [0.15, 0.2) is 4.80 Å². The number of para-hydroxylation sites is 1. The number of carbonyl (C=O) groups is 1. The Morgan fingerprint density at radius 2 is 2.11 bits per heavy atom. The number of fused-ring (bicyclic) bond motifs is 1. The second-order valence-corrected chi connectivity index (χ2v) is 5.08. The number of carbonyl (C=O) groups excluding carboxylic acids is 1. The van der Waals surface area contributed by atoms with Crippen LogP contribution >= 0.6 is 11.3 Å². The van der Waals surface area contributed by atoms with Crippen molar-refractivity contribution in [2.75, 3.05) is 0 Å². The molecule has 0 spiro atoms. The molecule has 19 heavy (non-hydrogen) atoms. The molecule has 0 radical (unpaired) electrons. The molecular weight excluding hydrogens is 258 g/mol. The van der Waals surface area contributed by atoms with Gasteiger partial charge >= 0.3 is 0 Å². The summed E-state index contributed by atoms with van der Waals surface area (Å²) in [4.78, 5) is 20.8. The van der Waals surface area contributed by atoms with Gasteiger partial charge in [-0.05, 0) is 24.3 Å². The van der Waals surface area contributed by atoms with E-state index in [1.165, 1.54) is 17.5 Å². The molecule has 5 heteroatoms. The van der Waals surface area contributed by atoms with E-state index in [2.05, 4.69) is 9.98 Å². The van der Waals surface area contributed by atoms with Crippen molar-refractivity contribution in [3.8, 4) is 0 Å². The van der Waals surface area contributed by atoms with Crippen LogP contribution in [0.25, 0.3) is 10.2 Å². The molecule has 0 atom stereocenters. The highest BCUT2D eigenvalue weighted by Crippen LogP contribution is 2.15. The summed E-state index contributed by atoms with van der Waals surface area (Å²) in [6.45, 7) is 0. The van der Waals surface area contributed by atoms with E-state index in [0.717, 1.165) is 10.2 Å². The van der Waals surface area contributed by atoms with Crippen molar-refractivity contribution in [1.29, 1.82) is 0 Å². The van der Waals surface area contributed by atoms with Crippen molar-refractivity contribution in [3.63, 3.8) is 0 Å². The fourth-order valence-electron chi connectivity index (χ4n) is 1.83. The largest absolute Gasteiger partial charge is 0.319 e. The van der Waals surface area contributed by atoms with Crippen LogP contribution in [0.4, 0.5) is 0 Å². The molecule has 0 aliphatic rings. The maximum absolute atomic E-state index is 12.0. The minimum absolute atomic E-state index is 0.268. The maximum Gasteiger partial charge on any atom is 0.281 e. The van der Waals surface area contributed by atoms with E-state index in [9.17, 15) is 4.79 Å². The fraction of sp³-hybridized carbons (Fsp3) is 0.0714. The summed E-state index contributed by atoms with van der Waals surface area (Å²) >= 11 is 1.50. The fourth-order valence-corrected chi connectivity index (χ4v) is 2.85. The van der Waals surface area contributed by atoms with Gasteiger partial charge in [-0.3, -0.25) is 9.78 Å². The zero-order chi connectivity index (χ0) is 13.2. The molecule has 3 rings (SSSR count). The van der Waals surface area contributed by atoms with Gasteiger partial charge in [0.05, 0.1) is 15.8 Å². The van der Waals surface area contributed by atoms with Gasteiger partial charge in [0.1, 0.15) is 0 Å². The molecule has 1 aromatic carbocycles. The number of thiazole rings is 1. The summed E-state index contributed by atoms with van der Waals surface area (Å²) in [7, 11) is 1.91. The molecule has 1 amide bonds. The maximum atomic E-state index is 12.0. The van der Waals surface area contributed by atoms with E-state index >= 15 is 0 Å². The molecule has 0 aliphatic heterocycles. The van der Waals surface area contributed by atoms with Crippen LogP contribution in [0.3, 0.4) is 0 Å². The van der Waals surface area contributed by atoms with Crippen molar-refractivity contribution < 1.29 is 4.79 Å². The summed E-state index contributed by atoms with van der Waals surface area (Å²) < 4.78 is 3.04. The Hall–Kier alpha value is -2.27. The summed E-state index contributed by atoms with van der Waals surface area (Å²) in [5.41, 5.74) is 1.57. The monoisotopic (exact) mass is 269 g/mol. The van der Waals surface area contributed by atoms with Crippen LogP contribution in [0, 0.1) is 0 Å². The number of hydrogen-bond acceptors (Lipinski definition) is 3. The number of aromatic nitrogens is 2. The van der Waals surface area contributed by atoms with Gasteiger partial charge < -0.3 is 4.57 Å². The number of amides is 1. The Kier molecular flexibility index (Phi) is 2.97. The SMILES string of the molecule is Cn1c(=NC(=O)c2cccnc2)sc2ccccc21. The molecule has 0 aliphatic carbocycles. The molecule has 94 valence electrons. The van der Waals surface area contributed by atoms with Crippen LogP contribution in [-0.2, 0) is 7.05 Å². The van der Waals surface area contributed by atoms with Gasteiger partial charge in [0, 0.05) is 19.4 Å². The van der Waals surface area contributed by atoms with Crippen molar-refractivity contribution in [3.05, 3.63) is 59.2 Å². The van der Waals surface area contributed by atoms with Crippen LogP contribution in [0.5, 0.6) is 0 Å². The quantitative estimate of drug-likeness (QED) is 0.681. The zero-order valence-corrected chi connectivity index (χ0v) is 11.1. The molecule has 0 saturated heterocycles. The molecule has 2 aromatic heterocycles. The lowest BCUT2D eigenvalue weighted by Gasteiger charge is -1.95. The number of nitrogens with zero attached hydrogens (tertiary/aromatic N) is 3. The van der Waals surface area contributed by atoms with E-state index < -0.39 is 0 Å². The van der Waals surface area contributed by atoms with Crippen LogP contribution < -0.4 is 4.80 Å². The average molecular weight is 269 g/mol. The van der Waals surface area contributed by atoms with Gasteiger partial charge in [0.2, 0.25) is 0 Å². The second-order valence-electron chi connectivity index (χ2n) is 4.07. The first-order valence-corrected chi connectivity index (χ1v) is 6.61. The molecular formula is C14H11N3OS. The third-order valence-electron chi connectivity index (χ3n) is 2.82. The predicted octanol–water partition coefficient (Wildman–Crippen LogP) is 2.38. The normalized spacial score (nSPS) is 11.9. The third kappa shape index (κ3) is 2.20. The zero-order valence-electron chi connectivity index (χ0n) is 10.3. The molecule has 0 saturated carbocycles. The molecule has 2 heterocycles. The molecule has 0 bridgehead atoms. The highest BCUT2D eigenvalue weighted by atomic mass is 32.1. The smallest absolute Gasteiger partial charge is 0.281 e. The van der Waals surface area contributed by atoms with E-state index in [1.807, 2.05) is 35.9 Å². The predicted molar refractivity (Wildman–Crippen MR) is 74.9 cm³/mol. The average Bonchev–Trinajstić information content (AvgIpc) is 2.77. The van der Waals surface area contributed by atoms with Gasteiger partial charge in [-0.25, -0.2) is 0 Å². The lowest BCUT2D eigenvalue weighted by Crippen LogP contribution is -2.13. The second kappa shape index (κ2) is 4.78. The van der Waals surface area contributed by atoms with E-state index in [0.29, 0.717) is 10.4 Å². The van der Waals surface area contributed by atoms with Gasteiger partial charge in [-0.2, -0.15) is 4.99 Å². The molecule has 0 unspecified atom stereocenters. The molecule has 3 aromatic rings. The number of rotatable bonds is 1. The van der Waals surface area contributed by atoms with Crippen LogP contribution in [-0.4, -0.2) is 15.5 Å². The summed E-state index contributed by atoms with van der Waals surface area (Å²) in [5, 5.41) is 0. The van der Waals surface area contributed by atoms with Crippen LogP contribution in [0.2, 0.25) is 0 Å². The third-order valence-corrected chi connectivity index (χ3v) is 3.93. The first-order chi connectivity index (χ1) is 9.25. The van der Waals surface area contributed by atoms with Crippen molar-refractivity contribution in [2.45, 2.75) is 0 Å². The number of benzene rings is 1. The summed E-state index contributed by atoms with van der Waals surface area (Å²) in [6.07, 6.45) is 3.16. The standard InChI is InChI=1S/C14H11N3OS/c1-17-11-6-2-3-7-12(11)19-14(17)16-13(18)10-5-4-8-15-9-10/h2-9H,1H3. The molecule has 4 nitrogen and oxygen atoms in total. The number of hydrogen-bond donors (Lipinski definition) is 0. The van der Waals surface area contributed by atoms with Crippen molar-refractivity contribution in [2.24, 2.45) is 12.0 Å². The lowest BCUT2D eigenvalue weighted by molar-refractivity contribution is 0.0997. The number of pyridine rings is 1. The minimum atomic E-state index is -0.268. The molecule has 0 N–H and O–H groups in total. The summed E-state index contributed by atoms with van der Waals surface area (Å²) in [6, 6.07) is 11.4. The summed E-state index contributed by atoms with van der Waals surface area (Å²) in [5.74, 6) is -0.268. The first kappa shape index (κ1) is 11.8. The van der Waals surface area contributed by atoms with Crippen molar-refractivity contribution >= 4 is 27.5 Å². The Morgan fingerprint density at radius 3 is 2.84 bits per heavy atom. The number of aryl methyl sites for hydroxylation is 1. The van der Waals surface area contributed by atoms with Crippen LogP contribution in [0.15, 0.2) is 53.8 Å². The topological polar surface area (TPSA) is 47.2 Å². The minimum Gasteiger partial charge on any atom is -0.319 e. The van der Waals surface area contributed by atoms with Gasteiger partial charge in [0.25, 0.3) is 5.91 Å². The Bertz CT molecular complexity index is 802.